The van der Waals surface area contributed by atoms with Gasteiger partial charge in [0.1, 0.15) is 0 Å². The van der Waals surface area contributed by atoms with E-state index in [0.29, 0.717) is 0 Å². The zero-order valence-electron chi connectivity index (χ0n) is 8.60. The van der Waals surface area contributed by atoms with Crippen LogP contribution < -0.4 is 0 Å². The number of hydrogen-bond donors (Lipinski definition) is 0. The SMILES string of the molecule is C[C@@H]1CCCC[C@@]12CCC[C@@H]2C. The molecule has 2 fully saturated rings. The minimum atomic E-state index is 0.790. The summed E-state index contributed by atoms with van der Waals surface area (Å²) in [5.74, 6) is 2.04. The summed E-state index contributed by atoms with van der Waals surface area (Å²) in [6.07, 6.45) is 10.6. The van der Waals surface area contributed by atoms with Crippen LogP contribution in [0.3, 0.4) is 0 Å². The van der Waals surface area contributed by atoms with Crippen LogP contribution in [-0.2, 0) is 0 Å². The van der Waals surface area contributed by atoms with Gasteiger partial charge in [-0.25, -0.2) is 0 Å². The van der Waals surface area contributed by atoms with Crippen molar-refractivity contribution in [3.63, 3.8) is 0 Å². The van der Waals surface area contributed by atoms with Gasteiger partial charge in [0.05, 0.1) is 0 Å². The molecule has 12 heavy (non-hydrogen) atoms. The molecule has 0 aliphatic heterocycles. The molecule has 0 heterocycles. The highest BCUT2D eigenvalue weighted by atomic mass is 14.5. The maximum absolute atomic E-state index is 2.50. The van der Waals surface area contributed by atoms with Gasteiger partial charge in [-0.15, -0.1) is 0 Å². The Labute approximate surface area is 76.7 Å². The Morgan fingerprint density at radius 3 is 2.00 bits per heavy atom. The van der Waals surface area contributed by atoms with Gasteiger partial charge in [-0.3, -0.25) is 0 Å². The fraction of sp³-hybridized carbons (Fsp3) is 1.00. The van der Waals surface area contributed by atoms with Crippen LogP contribution in [0.5, 0.6) is 0 Å². The Kier molecular flexibility index (Phi) is 2.18. The minimum Gasteiger partial charge on any atom is -0.0620 e. The van der Waals surface area contributed by atoms with Gasteiger partial charge in [-0.2, -0.15) is 0 Å². The van der Waals surface area contributed by atoms with Crippen molar-refractivity contribution in [1.29, 1.82) is 0 Å². The molecule has 2 aliphatic carbocycles. The fourth-order valence-electron chi connectivity index (χ4n) is 3.81. The van der Waals surface area contributed by atoms with Crippen molar-refractivity contribution in [3.8, 4) is 0 Å². The molecule has 0 aromatic carbocycles. The van der Waals surface area contributed by atoms with E-state index in [4.69, 9.17) is 0 Å². The van der Waals surface area contributed by atoms with E-state index in [2.05, 4.69) is 13.8 Å². The Balaban J connectivity index is 2.15. The van der Waals surface area contributed by atoms with Crippen LogP contribution in [0.4, 0.5) is 0 Å². The largest absolute Gasteiger partial charge is 0.0620 e. The van der Waals surface area contributed by atoms with E-state index in [9.17, 15) is 0 Å². The second kappa shape index (κ2) is 3.05. The smallest absolute Gasteiger partial charge is 0.0246 e. The van der Waals surface area contributed by atoms with Crippen LogP contribution in [0.25, 0.3) is 0 Å². The van der Waals surface area contributed by atoms with E-state index in [1.54, 1.807) is 0 Å². The third kappa shape index (κ3) is 1.11. The summed E-state index contributed by atoms with van der Waals surface area (Å²) in [7, 11) is 0. The van der Waals surface area contributed by atoms with Crippen molar-refractivity contribution in [2.75, 3.05) is 0 Å². The van der Waals surface area contributed by atoms with Crippen molar-refractivity contribution < 1.29 is 0 Å². The van der Waals surface area contributed by atoms with E-state index < -0.39 is 0 Å². The first-order chi connectivity index (χ1) is 5.76. The molecule has 0 unspecified atom stereocenters. The van der Waals surface area contributed by atoms with Crippen LogP contribution >= 0.6 is 0 Å². The van der Waals surface area contributed by atoms with Gasteiger partial charge in [0.25, 0.3) is 0 Å². The first-order valence-corrected chi connectivity index (χ1v) is 5.76. The quantitative estimate of drug-likeness (QED) is 0.510. The van der Waals surface area contributed by atoms with Gasteiger partial charge in [0, 0.05) is 0 Å². The Morgan fingerprint density at radius 2 is 1.42 bits per heavy atom. The molecule has 2 saturated carbocycles. The van der Waals surface area contributed by atoms with Gasteiger partial charge in [0.15, 0.2) is 0 Å². The number of rotatable bonds is 0. The van der Waals surface area contributed by atoms with Crippen LogP contribution in [0.1, 0.15) is 58.8 Å². The van der Waals surface area contributed by atoms with Crippen molar-refractivity contribution >= 4 is 0 Å². The van der Waals surface area contributed by atoms with E-state index in [1.807, 2.05) is 0 Å². The third-order valence-corrected chi connectivity index (χ3v) is 4.77. The predicted molar refractivity (Wildman–Crippen MR) is 53.1 cm³/mol. The summed E-state index contributed by atoms with van der Waals surface area (Å²) in [6.45, 7) is 5.00. The van der Waals surface area contributed by atoms with E-state index in [0.717, 1.165) is 17.3 Å². The van der Waals surface area contributed by atoms with Crippen molar-refractivity contribution in [2.45, 2.75) is 58.8 Å². The molecule has 3 atom stereocenters. The predicted octanol–water partition coefficient (Wildman–Crippen LogP) is 4.00. The molecule has 2 rings (SSSR count). The molecular weight excluding hydrogens is 144 g/mol. The van der Waals surface area contributed by atoms with E-state index in [-0.39, 0.29) is 0 Å². The summed E-state index contributed by atoms with van der Waals surface area (Å²) in [4.78, 5) is 0. The maximum atomic E-state index is 2.50. The fourth-order valence-corrected chi connectivity index (χ4v) is 3.81. The normalized spacial score (nSPS) is 48.5. The second-order valence-corrected chi connectivity index (χ2v) is 5.17. The summed E-state index contributed by atoms with van der Waals surface area (Å²) < 4.78 is 0. The minimum absolute atomic E-state index is 0.790. The van der Waals surface area contributed by atoms with Gasteiger partial charge >= 0.3 is 0 Å². The van der Waals surface area contributed by atoms with Crippen molar-refractivity contribution in [3.05, 3.63) is 0 Å². The lowest BCUT2D eigenvalue weighted by Gasteiger charge is -2.43. The summed E-state index contributed by atoms with van der Waals surface area (Å²) in [5.41, 5.74) is 0.790. The highest BCUT2D eigenvalue weighted by molar-refractivity contribution is 4.95. The van der Waals surface area contributed by atoms with Crippen molar-refractivity contribution in [2.24, 2.45) is 17.3 Å². The van der Waals surface area contributed by atoms with E-state index in [1.165, 1.54) is 44.9 Å². The van der Waals surface area contributed by atoms with E-state index >= 15 is 0 Å². The molecule has 0 nitrogen and oxygen atoms in total. The molecule has 0 N–H and O–H groups in total. The molecule has 0 saturated heterocycles. The standard InChI is InChI=1S/C12H22/c1-10-6-3-4-8-12(10)9-5-7-11(12)2/h10-11H,3-9H2,1-2H3/t10-,11+,12-/m1/s1. The zero-order valence-corrected chi connectivity index (χ0v) is 8.60. The number of hydrogen-bond acceptors (Lipinski definition) is 0. The van der Waals surface area contributed by atoms with Crippen LogP contribution in [0.15, 0.2) is 0 Å². The first kappa shape index (κ1) is 8.59. The molecule has 0 aromatic heterocycles. The summed E-state index contributed by atoms with van der Waals surface area (Å²) in [6, 6.07) is 0. The van der Waals surface area contributed by atoms with Crippen LogP contribution in [0.2, 0.25) is 0 Å². The highest BCUT2D eigenvalue weighted by Gasteiger charge is 2.44. The molecule has 70 valence electrons. The summed E-state index contributed by atoms with van der Waals surface area (Å²) in [5, 5.41) is 0. The second-order valence-electron chi connectivity index (χ2n) is 5.17. The first-order valence-electron chi connectivity index (χ1n) is 5.76. The molecule has 0 bridgehead atoms. The Morgan fingerprint density at radius 1 is 0.833 bits per heavy atom. The molecule has 0 aromatic rings. The lowest BCUT2D eigenvalue weighted by molar-refractivity contribution is 0.0681. The van der Waals surface area contributed by atoms with Crippen LogP contribution in [0, 0.1) is 17.3 Å². The monoisotopic (exact) mass is 166 g/mol. The molecule has 1 spiro atoms. The highest BCUT2D eigenvalue weighted by Crippen LogP contribution is 2.55. The zero-order chi connectivity index (χ0) is 8.60. The van der Waals surface area contributed by atoms with Gasteiger partial charge in [0.2, 0.25) is 0 Å². The van der Waals surface area contributed by atoms with Gasteiger partial charge < -0.3 is 0 Å². The Hall–Kier alpha value is 0. The molecule has 0 heteroatoms. The molecule has 0 amide bonds. The van der Waals surface area contributed by atoms with Crippen LogP contribution in [-0.4, -0.2) is 0 Å². The average molecular weight is 166 g/mol. The summed E-state index contributed by atoms with van der Waals surface area (Å²) >= 11 is 0. The lowest BCUT2D eigenvalue weighted by atomic mass is 9.62. The maximum Gasteiger partial charge on any atom is -0.0246 e. The molecular formula is C12H22. The molecule has 2 aliphatic rings. The third-order valence-electron chi connectivity index (χ3n) is 4.77. The topological polar surface area (TPSA) is 0 Å². The van der Waals surface area contributed by atoms with Gasteiger partial charge in [-0.1, -0.05) is 46.0 Å². The average Bonchev–Trinajstić information content (AvgIpc) is 2.41. The lowest BCUT2D eigenvalue weighted by Crippen LogP contribution is -2.34. The van der Waals surface area contributed by atoms with Crippen molar-refractivity contribution in [1.82, 2.24) is 0 Å². The molecule has 0 radical (unpaired) electrons. The van der Waals surface area contributed by atoms with Gasteiger partial charge in [-0.05, 0) is 30.1 Å². The Bertz CT molecular complexity index is 161.